The number of pyridine rings is 1. The third-order valence-electron chi connectivity index (χ3n) is 5.00. The molecule has 3 aromatic rings. The summed E-state index contributed by atoms with van der Waals surface area (Å²) < 4.78 is 3.43. The number of aryl methyl sites for hydroxylation is 1. The molecule has 0 atom stereocenters. The lowest BCUT2D eigenvalue weighted by Crippen LogP contribution is -2.37. The predicted octanol–water partition coefficient (Wildman–Crippen LogP) is 1.31. The molecule has 0 aliphatic carbocycles. The number of imidazole rings is 1. The van der Waals surface area contributed by atoms with Crippen molar-refractivity contribution in [3.63, 3.8) is 0 Å². The van der Waals surface area contributed by atoms with Crippen LogP contribution in [0.2, 0.25) is 0 Å². The average molecular weight is 349 g/mol. The van der Waals surface area contributed by atoms with E-state index in [2.05, 4.69) is 19.9 Å². The standard InChI is InChI=1S/C18H19N7O/c1-23-15-3-2-7-20-16(15)25(18(23)26)12-13-5-9-24(10-6-13)17-21-8-4-14(11-19)22-17/h2-4,7-8,13H,5-6,9-10,12H2,1H3. The first-order valence-corrected chi connectivity index (χ1v) is 8.65. The summed E-state index contributed by atoms with van der Waals surface area (Å²) in [6, 6.07) is 7.42. The molecule has 1 saturated heterocycles. The summed E-state index contributed by atoms with van der Waals surface area (Å²) in [5.41, 5.74) is 1.96. The largest absolute Gasteiger partial charge is 0.341 e. The fraction of sp³-hybridized carbons (Fsp3) is 0.389. The van der Waals surface area contributed by atoms with Crippen LogP contribution in [0.3, 0.4) is 0 Å². The minimum atomic E-state index is -0.0221. The van der Waals surface area contributed by atoms with Crippen LogP contribution in [0.15, 0.2) is 35.4 Å². The summed E-state index contributed by atoms with van der Waals surface area (Å²) in [5, 5.41) is 8.98. The number of piperidine rings is 1. The Morgan fingerprint density at radius 2 is 2.04 bits per heavy atom. The highest BCUT2D eigenvalue weighted by Crippen LogP contribution is 2.23. The van der Waals surface area contributed by atoms with E-state index in [0.717, 1.165) is 37.1 Å². The zero-order chi connectivity index (χ0) is 18.1. The van der Waals surface area contributed by atoms with Gasteiger partial charge < -0.3 is 4.90 Å². The molecule has 4 heterocycles. The maximum absolute atomic E-state index is 12.5. The SMILES string of the molecule is Cn1c(=O)n(CC2CCN(c3nccc(C#N)n3)CC2)c2ncccc21. The highest BCUT2D eigenvalue weighted by molar-refractivity contribution is 5.71. The zero-order valence-corrected chi connectivity index (χ0v) is 14.5. The third-order valence-corrected chi connectivity index (χ3v) is 5.00. The molecule has 4 rings (SSSR count). The van der Waals surface area contributed by atoms with Crippen molar-refractivity contribution in [3.8, 4) is 6.07 Å². The Balaban J connectivity index is 1.49. The van der Waals surface area contributed by atoms with Crippen LogP contribution in [0.25, 0.3) is 11.2 Å². The van der Waals surface area contributed by atoms with Crippen molar-refractivity contribution >= 4 is 17.1 Å². The maximum atomic E-state index is 12.5. The van der Waals surface area contributed by atoms with Crippen molar-refractivity contribution in [2.24, 2.45) is 13.0 Å². The van der Waals surface area contributed by atoms with Crippen LogP contribution in [0.4, 0.5) is 5.95 Å². The minimum absolute atomic E-state index is 0.0221. The van der Waals surface area contributed by atoms with Gasteiger partial charge in [-0.05, 0) is 37.0 Å². The molecule has 132 valence electrons. The molecule has 26 heavy (non-hydrogen) atoms. The molecule has 1 aliphatic heterocycles. The number of rotatable bonds is 3. The molecule has 0 unspecified atom stereocenters. The summed E-state index contributed by atoms with van der Waals surface area (Å²) >= 11 is 0. The first-order chi connectivity index (χ1) is 12.7. The number of hydrogen-bond donors (Lipinski definition) is 0. The van der Waals surface area contributed by atoms with Gasteiger partial charge in [0.25, 0.3) is 0 Å². The maximum Gasteiger partial charge on any atom is 0.330 e. The fourth-order valence-electron chi connectivity index (χ4n) is 3.53. The molecule has 0 bridgehead atoms. The molecule has 0 amide bonds. The van der Waals surface area contributed by atoms with E-state index in [1.54, 1.807) is 34.6 Å². The van der Waals surface area contributed by atoms with Crippen molar-refractivity contribution in [2.75, 3.05) is 18.0 Å². The van der Waals surface area contributed by atoms with Crippen molar-refractivity contribution in [1.82, 2.24) is 24.1 Å². The Morgan fingerprint density at radius 1 is 1.23 bits per heavy atom. The van der Waals surface area contributed by atoms with E-state index in [0.29, 0.717) is 24.1 Å². The summed E-state index contributed by atoms with van der Waals surface area (Å²) in [5.74, 6) is 1.00. The van der Waals surface area contributed by atoms with Gasteiger partial charge in [-0.25, -0.2) is 19.7 Å². The molecule has 8 heteroatoms. The van der Waals surface area contributed by atoms with E-state index >= 15 is 0 Å². The van der Waals surface area contributed by atoms with Crippen LogP contribution in [0.5, 0.6) is 0 Å². The first kappa shape index (κ1) is 16.3. The smallest absolute Gasteiger partial charge is 0.330 e. The highest BCUT2D eigenvalue weighted by Gasteiger charge is 2.23. The van der Waals surface area contributed by atoms with Crippen LogP contribution in [-0.4, -0.2) is 37.2 Å². The fourth-order valence-corrected chi connectivity index (χ4v) is 3.53. The molecule has 0 radical (unpaired) electrons. The lowest BCUT2D eigenvalue weighted by Gasteiger charge is -2.32. The molecule has 0 saturated carbocycles. The Hall–Kier alpha value is -3.21. The third kappa shape index (κ3) is 2.81. The van der Waals surface area contributed by atoms with Gasteiger partial charge in [-0.3, -0.25) is 9.13 Å². The van der Waals surface area contributed by atoms with Gasteiger partial charge in [0.05, 0.1) is 5.52 Å². The quantitative estimate of drug-likeness (QED) is 0.708. The Labute approximate surface area is 150 Å². The van der Waals surface area contributed by atoms with Gasteiger partial charge >= 0.3 is 5.69 Å². The minimum Gasteiger partial charge on any atom is -0.341 e. The number of anilines is 1. The normalized spacial score (nSPS) is 15.3. The molecule has 1 aliphatic rings. The molecular formula is C18H19N7O. The molecule has 0 spiro atoms. The van der Waals surface area contributed by atoms with Gasteiger partial charge in [-0.2, -0.15) is 5.26 Å². The van der Waals surface area contributed by atoms with Crippen LogP contribution in [0.1, 0.15) is 18.5 Å². The van der Waals surface area contributed by atoms with Crippen molar-refractivity contribution in [3.05, 3.63) is 46.8 Å². The summed E-state index contributed by atoms with van der Waals surface area (Å²) in [6.07, 6.45) is 5.22. The first-order valence-electron chi connectivity index (χ1n) is 8.65. The number of nitrogens with zero attached hydrogens (tertiary/aromatic N) is 7. The zero-order valence-electron chi connectivity index (χ0n) is 14.5. The van der Waals surface area contributed by atoms with Crippen LogP contribution in [0, 0.1) is 17.2 Å². The van der Waals surface area contributed by atoms with Gasteiger partial charge in [0.1, 0.15) is 11.8 Å². The van der Waals surface area contributed by atoms with Gasteiger partial charge in [-0.15, -0.1) is 0 Å². The van der Waals surface area contributed by atoms with E-state index in [4.69, 9.17) is 5.26 Å². The lowest BCUT2D eigenvalue weighted by molar-refractivity contribution is 0.353. The van der Waals surface area contributed by atoms with Gasteiger partial charge in [0.15, 0.2) is 5.65 Å². The monoisotopic (exact) mass is 349 g/mol. The van der Waals surface area contributed by atoms with Crippen molar-refractivity contribution < 1.29 is 0 Å². The van der Waals surface area contributed by atoms with Gasteiger partial charge in [0, 0.05) is 39.1 Å². The van der Waals surface area contributed by atoms with E-state index in [1.807, 2.05) is 18.2 Å². The van der Waals surface area contributed by atoms with Crippen molar-refractivity contribution in [1.29, 1.82) is 5.26 Å². The lowest BCUT2D eigenvalue weighted by atomic mass is 9.97. The van der Waals surface area contributed by atoms with E-state index in [1.165, 1.54) is 0 Å². The van der Waals surface area contributed by atoms with E-state index < -0.39 is 0 Å². The number of nitriles is 1. The van der Waals surface area contributed by atoms with E-state index in [-0.39, 0.29) is 5.69 Å². The Kier molecular flexibility index (Phi) is 4.13. The van der Waals surface area contributed by atoms with Gasteiger partial charge in [-0.1, -0.05) is 0 Å². The average Bonchev–Trinajstić information content (AvgIpc) is 2.94. The second-order valence-electron chi connectivity index (χ2n) is 6.58. The molecule has 1 fully saturated rings. The second kappa shape index (κ2) is 6.59. The van der Waals surface area contributed by atoms with Crippen LogP contribution < -0.4 is 10.6 Å². The summed E-state index contributed by atoms with van der Waals surface area (Å²) in [7, 11) is 1.78. The van der Waals surface area contributed by atoms with E-state index in [9.17, 15) is 4.79 Å². The van der Waals surface area contributed by atoms with Crippen molar-refractivity contribution in [2.45, 2.75) is 19.4 Å². The molecule has 0 N–H and O–H groups in total. The number of aromatic nitrogens is 5. The van der Waals surface area contributed by atoms with Crippen LogP contribution >= 0.6 is 0 Å². The topological polar surface area (TPSA) is 92.6 Å². The summed E-state index contributed by atoms with van der Waals surface area (Å²) in [6.45, 7) is 2.29. The molecular weight excluding hydrogens is 330 g/mol. The Bertz CT molecular complexity index is 1040. The number of hydrogen-bond acceptors (Lipinski definition) is 6. The van der Waals surface area contributed by atoms with Gasteiger partial charge in [0.2, 0.25) is 5.95 Å². The van der Waals surface area contributed by atoms with Crippen LogP contribution in [-0.2, 0) is 13.6 Å². The number of fused-ring (bicyclic) bond motifs is 1. The molecule has 0 aromatic carbocycles. The predicted molar refractivity (Wildman–Crippen MR) is 96.7 cm³/mol. The molecule has 3 aromatic heterocycles. The summed E-state index contributed by atoms with van der Waals surface area (Å²) in [4.78, 5) is 27.6. The highest BCUT2D eigenvalue weighted by atomic mass is 16.1. The Morgan fingerprint density at radius 3 is 2.81 bits per heavy atom. The second-order valence-corrected chi connectivity index (χ2v) is 6.58. The molecule has 8 nitrogen and oxygen atoms in total.